The normalized spacial score (nSPS) is 36.7. The second-order valence-corrected chi connectivity index (χ2v) is 10.8. The predicted molar refractivity (Wildman–Crippen MR) is 125 cm³/mol. The van der Waals surface area contributed by atoms with E-state index in [1.54, 1.807) is 24.0 Å². The lowest BCUT2D eigenvalue weighted by atomic mass is 9.74. The van der Waals surface area contributed by atoms with E-state index in [0.717, 1.165) is 12.8 Å². The van der Waals surface area contributed by atoms with Crippen molar-refractivity contribution < 1.29 is 29.0 Å². The molecule has 4 aliphatic heterocycles. The Morgan fingerprint density at radius 1 is 1.12 bits per heavy atom. The average molecular weight is 475 g/mol. The highest BCUT2D eigenvalue weighted by Crippen LogP contribution is 2.57. The van der Waals surface area contributed by atoms with E-state index < -0.39 is 41.1 Å². The van der Waals surface area contributed by atoms with Gasteiger partial charge in [-0.3, -0.25) is 14.4 Å². The van der Waals surface area contributed by atoms with Crippen LogP contribution in [0.3, 0.4) is 0 Å². The summed E-state index contributed by atoms with van der Waals surface area (Å²) < 4.78 is 12.1. The molecule has 1 spiro atoms. The maximum atomic E-state index is 14.2. The highest BCUT2D eigenvalue weighted by molar-refractivity contribution is 5.99. The smallest absolute Gasteiger partial charge is 0.313 e. The highest BCUT2D eigenvalue weighted by atomic mass is 16.6. The first-order valence-corrected chi connectivity index (χ1v) is 12.6. The Balaban J connectivity index is 1.87. The lowest BCUT2D eigenvalue weighted by molar-refractivity contribution is -0.160. The molecule has 0 radical (unpaired) electrons. The third-order valence-electron chi connectivity index (χ3n) is 7.87. The Morgan fingerprint density at radius 3 is 2.50 bits per heavy atom. The fourth-order valence-electron chi connectivity index (χ4n) is 6.50. The van der Waals surface area contributed by atoms with Crippen LogP contribution in [0, 0.1) is 17.8 Å². The van der Waals surface area contributed by atoms with Crippen LogP contribution >= 0.6 is 0 Å². The Morgan fingerprint density at radius 2 is 1.85 bits per heavy atom. The van der Waals surface area contributed by atoms with Crippen LogP contribution in [0.4, 0.5) is 0 Å². The summed E-state index contributed by atoms with van der Waals surface area (Å²) in [5.41, 5.74) is -2.38. The third kappa shape index (κ3) is 3.70. The van der Waals surface area contributed by atoms with Crippen molar-refractivity contribution in [1.29, 1.82) is 0 Å². The molecule has 34 heavy (non-hydrogen) atoms. The highest BCUT2D eigenvalue weighted by Gasteiger charge is 2.75. The van der Waals surface area contributed by atoms with E-state index in [1.165, 1.54) is 4.90 Å². The minimum absolute atomic E-state index is 0.0155. The van der Waals surface area contributed by atoms with Crippen molar-refractivity contribution in [3.63, 3.8) is 0 Å². The molecule has 7 atom stereocenters. The number of aliphatic hydroxyl groups excluding tert-OH is 1. The van der Waals surface area contributed by atoms with Crippen molar-refractivity contribution in [2.45, 2.75) is 83.2 Å². The van der Waals surface area contributed by atoms with Crippen LogP contribution in [0.1, 0.15) is 53.9 Å². The van der Waals surface area contributed by atoms with Gasteiger partial charge in [0.05, 0.1) is 24.2 Å². The Kier molecular flexibility index (Phi) is 6.68. The van der Waals surface area contributed by atoms with Gasteiger partial charge in [-0.1, -0.05) is 45.4 Å². The number of rotatable bonds is 7. The maximum absolute atomic E-state index is 14.2. The molecule has 188 valence electrons. The molecule has 2 saturated heterocycles. The number of carbonyl (C=O) groups is 3. The van der Waals surface area contributed by atoms with Gasteiger partial charge in [0, 0.05) is 12.6 Å². The van der Waals surface area contributed by atoms with Gasteiger partial charge in [0.25, 0.3) is 0 Å². The van der Waals surface area contributed by atoms with Crippen LogP contribution < -0.4 is 0 Å². The second-order valence-electron chi connectivity index (χ2n) is 10.8. The molecule has 0 aromatic heterocycles. The van der Waals surface area contributed by atoms with Gasteiger partial charge in [-0.15, -0.1) is 0 Å². The summed E-state index contributed by atoms with van der Waals surface area (Å²) in [4.78, 5) is 44.8. The van der Waals surface area contributed by atoms with Gasteiger partial charge in [-0.25, -0.2) is 0 Å². The van der Waals surface area contributed by atoms with Crippen molar-refractivity contribution in [1.82, 2.24) is 9.80 Å². The van der Waals surface area contributed by atoms with Gasteiger partial charge in [0.2, 0.25) is 11.8 Å². The number of amides is 2. The Labute approximate surface area is 201 Å². The van der Waals surface area contributed by atoms with Crippen molar-refractivity contribution in [3.05, 3.63) is 24.3 Å². The van der Waals surface area contributed by atoms with Crippen LogP contribution in [0.2, 0.25) is 0 Å². The van der Waals surface area contributed by atoms with E-state index in [-0.39, 0.29) is 37.0 Å². The van der Waals surface area contributed by atoms with Gasteiger partial charge in [-0.05, 0) is 38.7 Å². The molecule has 2 fully saturated rings. The minimum atomic E-state index is -1.31. The van der Waals surface area contributed by atoms with Gasteiger partial charge >= 0.3 is 5.97 Å². The molecule has 0 aliphatic carbocycles. The number of nitrogens with zero attached hydrogens (tertiary/aromatic N) is 2. The lowest BCUT2D eigenvalue weighted by Gasteiger charge is -2.41. The Hall–Kier alpha value is -2.19. The molecule has 4 rings (SSSR count). The summed E-state index contributed by atoms with van der Waals surface area (Å²) in [7, 11) is 0. The van der Waals surface area contributed by atoms with Crippen molar-refractivity contribution in [3.8, 4) is 0 Å². The molecule has 8 nitrogen and oxygen atoms in total. The van der Waals surface area contributed by atoms with E-state index in [2.05, 4.69) is 6.92 Å². The first-order chi connectivity index (χ1) is 16.1. The first-order valence-electron chi connectivity index (χ1n) is 12.6. The molecule has 4 aliphatic rings. The minimum Gasteiger partial charge on any atom is -0.461 e. The molecule has 4 heterocycles. The number of cyclic esters (lactones) is 1. The van der Waals surface area contributed by atoms with Crippen LogP contribution in [-0.4, -0.2) is 81.8 Å². The van der Waals surface area contributed by atoms with Gasteiger partial charge in [-0.2, -0.15) is 0 Å². The topological polar surface area (TPSA) is 96.4 Å². The summed E-state index contributed by atoms with van der Waals surface area (Å²) >= 11 is 0. The molecule has 0 aromatic rings. The second kappa shape index (κ2) is 9.11. The summed E-state index contributed by atoms with van der Waals surface area (Å²) in [5.74, 6) is -2.59. The van der Waals surface area contributed by atoms with E-state index in [1.807, 2.05) is 32.9 Å². The van der Waals surface area contributed by atoms with E-state index in [4.69, 9.17) is 9.47 Å². The first kappa shape index (κ1) is 24.9. The van der Waals surface area contributed by atoms with Crippen LogP contribution in [-0.2, 0) is 23.9 Å². The van der Waals surface area contributed by atoms with Crippen LogP contribution in [0.25, 0.3) is 0 Å². The molecular formula is C26H38N2O6. The van der Waals surface area contributed by atoms with Gasteiger partial charge in [0.1, 0.15) is 24.2 Å². The predicted octanol–water partition coefficient (Wildman–Crippen LogP) is 2.06. The number of esters is 1. The number of aliphatic hydroxyl groups is 1. The van der Waals surface area contributed by atoms with E-state index in [9.17, 15) is 19.5 Å². The quantitative estimate of drug-likeness (QED) is 0.448. The zero-order valence-corrected chi connectivity index (χ0v) is 20.9. The number of hydrogen-bond donors (Lipinski definition) is 1. The Bertz CT molecular complexity index is 900. The van der Waals surface area contributed by atoms with Crippen molar-refractivity contribution in [2.24, 2.45) is 17.8 Å². The molecular weight excluding hydrogens is 436 g/mol. The fourth-order valence-corrected chi connectivity index (χ4v) is 6.50. The molecule has 0 saturated carbocycles. The lowest BCUT2D eigenvalue weighted by Crippen LogP contribution is -2.59. The number of hydrogen-bond acceptors (Lipinski definition) is 6. The number of carbonyl (C=O) groups excluding carboxylic acids is 3. The SMILES string of the molecule is CCCC(C)N1CC=C[C@]23O[C@]4(C)C=CCOC(=O)[C@@H]4[C@H]2C(=O)N([C@@H](CO)CC(C)C)C3C1=O. The molecule has 2 unspecified atom stereocenters. The maximum Gasteiger partial charge on any atom is 0.313 e. The monoisotopic (exact) mass is 474 g/mol. The average Bonchev–Trinajstić information content (AvgIpc) is 3.03. The summed E-state index contributed by atoms with van der Waals surface area (Å²) in [6, 6.07) is -1.52. The number of ether oxygens (including phenoxy) is 2. The van der Waals surface area contributed by atoms with Crippen molar-refractivity contribution in [2.75, 3.05) is 19.8 Å². The molecule has 8 heteroatoms. The van der Waals surface area contributed by atoms with Crippen LogP contribution in [0.15, 0.2) is 24.3 Å². The zero-order chi connectivity index (χ0) is 24.8. The number of fused-ring (bicyclic) bond motifs is 2. The molecule has 0 bridgehead atoms. The third-order valence-corrected chi connectivity index (χ3v) is 7.87. The van der Waals surface area contributed by atoms with Crippen molar-refractivity contribution >= 4 is 17.8 Å². The summed E-state index contributed by atoms with van der Waals surface area (Å²) in [6.45, 7) is 10.2. The summed E-state index contributed by atoms with van der Waals surface area (Å²) in [5, 5.41) is 10.3. The van der Waals surface area contributed by atoms with Gasteiger partial charge in [0.15, 0.2) is 0 Å². The van der Waals surface area contributed by atoms with E-state index >= 15 is 0 Å². The van der Waals surface area contributed by atoms with E-state index in [0.29, 0.717) is 13.0 Å². The standard InChI is InChI=1S/C26H38N2O6/c1-6-9-17(4)27-12-7-11-26-19(20-24(32)33-13-8-10-25(20,5)34-26)22(30)28(21(26)23(27)31)18(15-29)14-16(2)3/h7-8,10-11,16-21,29H,6,9,12-15H2,1-5H3/t17?,18-,19+,20+,21?,25-,26+/m1/s1. The fraction of sp³-hybridized carbons (Fsp3) is 0.731. The molecule has 2 amide bonds. The largest absolute Gasteiger partial charge is 0.461 e. The molecule has 1 N–H and O–H groups in total. The molecule has 0 aromatic carbocycles. The zero-order valence-electron chi connectivity index (χ0n) is 20.9. The van der Waals surface area contributed by atoms with Gasteiger partial charge < -0.3 is 24.4 Å². The number of likely N-dealkylation sites (tertiary alicyclic amines) is 1. The van der Waals surface area contributed by atoms with Crippen LogP contribution in [0.5, 0.6) is 0 Å². The summed E-state index contributed by atoms with van der Waals surface area (Å²) in [6.07, 6.45) is 9.56.